The van der Waals surface area contributed by atoms with E-state index < -0.39 is 39.2 Å². The van der Waals surface area contributed by atoms with Gasteiger partial charge in [-0.1, -0.05) is 29.3 Å². The van der Waals surface area contributed by atoms with Crippen molar-refractivity contribution < 1.29 is 31.2 Å². The summed E-state index contributed by atoms with van der Waals surface area (Å²) in [5.41, 5.74) is -1.58. The molecule has 0 unspecified atom stereocenters. The molecule has 1 aliphatic rings. The summed E-state index contributed by atoms with van der Waals surface area (Å²) >= 11 is 11.9. The first kappa shape index (κ1) is 24.1. The molecule has 0 aliphatic carbocycles. The summed E-state index contributed by atoms with van der Waals surface area (Å²) in [6, 6.07) is 5.75. The smallest absolute Gasteiger partial charge is 0.337 e. The highest BCUT2D eigenvalue weighted by Gasteiger charge is 2.33. The minimum absolute atomic E-state index is 0.0270. The van der Waals surface area contributed by atoms with Crippen LogP contribution >= 0.6 is 23.2 Å². The lowest BCUT2D eigenvalue weighted by molar-refractivity contribution is -0.137. The molecule has 1 saturated heterocycles. The highest BCUT2D eigenvalue weighted by atomic mass is 35.5. The van der Waals surface area contributed by atoms with Gasteiger partial charge in [0.2, 0.25) is 0 Å². The van der Waals surface area contributed by atoms with E-state index in [4.69, 9.17) is 23.2 Å². The Balaban J connectivity index is 1.89. The van der Waals surface area contributed by atoms with Crippen molar-refractivity contribution in [3.8, 4) is 0 Å². The maximum atomic E-state index is 13.2. The minimum atomic E-state index is -4.72. The molecule has 32 heavy (non-hydrogen) atoms. The molecule has 7 nitrogen and oxygen atoms in total. The lowest BCUT2D eigenvalue weighted by Crippen LogP contribution is -2.44. The molecule has 0 bridgehead atoms. The number of anilines is 2. The molecule has 2 aromatic rings. The molecule has 0 aromatic heterocycles. The Morgan fingerprint density at radius 2 is 1.59 bits per heavy atom. The quantitative estimate of drug-likeness (QED) is 0.635. The van der Waals surface area contributed by atoms with E-state index in [2.05, 4.69) is 10.6 Å². The fourth-order valence-electron chi connectivity index (χ4n) is 2.97. The number of carbonyl (C=O) groups is 2. The van der Waals surface area contributed by atoms with E-state index in [0.29, 0.717) is 12.1 Å². The monoisotopic (exact) mass is 509 g/mol. The SMILES string of the molecule is O=C(Nc1cc(C(F)(F)F)ccc1C(=O)N1CCS(=O)(=O)CC1)Nc1cccc(Cl)c1Cl. The summed E-state index contributed by atoms with van der Waals surface area (Å²) in [5, 5.41) is 4.78. The predicted molar refractivity (Wildman–Crippen MR) is 115 cm³/mol. The number of alkyl halides is 3. The Morgan fingerprint density at radius 1 is 0.969 bits per heavy atom. The maximum Gasteiger partial charge on any atom is 0.416 e. The van der Waals surface area contributed by atoms with Gasteiger partial charge in [-0.2, -0.15) is 13.2 Å². The number of rotatable bonds is 3. The number of urea groups is 1. The molecule has 0 radical (unpaired) electrons. The summed E-state index contributed by atoms with van der Waals surface area (Å²) in [7, 11) is -3.27. The zero-order chi connectivity index (χ0) is 23.7. The van der Waals surface area contributed by atoms with Crippen molar-refractivity contribution in [2.75, 3.05) is 35.2 Å². The normalized spacial score (nSPS) is 15.8. The van der Waals surface area contributed by atoms with Crippen LogP contribution in [-0.2, 0) is 16.0 Å². The molecule has 0 atom stereocenters. The van der Waals surface area contributed by atoms with Gasteiger partial charge < -0.3 is 15.5 Å². The van der Waals surface area contributed by atoms with E-state index in [1.165, 1.54) is 23.1 Å². The second-order valence-electron chi connectivity index (χ2n) is 6.88. The van der Waals surface area contributed by atoms with Crippen molar-refractivity contribution in [1.29, 1.82) is 0 Å². The van der Waals surface area contributed by atoms with Crippen LogP contribution in [0.3, 0.4) is 0 Å². The molecule has 0 saturated carbocycles. The van der Waals surface area contributed by atoms with Crippen LogP contribution < -0.4 is 10.6 Å². The van der Waals surface area contributed by atoms with E-state index >= 15 is 0 Å². The first-order chi connectivity index (χ1) is 14.9. The molecule has 0 spiro atoms. The fourth-order valence-corrected chi connectivity index (χ4v) is 4.52. The summed E-state index contributed by atoms with van der Waals surface area (Å²) in [5.74, 6) is -1.21. The highest BCUT2D eigenvalue weighted by Crippen LogP contribution is 2.33. The van der Waals surface area contributed by atoms with Gasteiger partial charge in [0.1, 0.15) is 0 Å². The number of nitrogens with one attached hydrogen (secondary N) is 2. The molecule has 3 rings (SSSR count). The van der Waals surface area contributed by atoms with E-state index in [-0.39, 0.29) is 45.9 Å². The average molecular weight is 510 g/mol. The van der Waals surface area contributed by atoms with Gasteiger partial charge in [-0.15, -0.1) is 0 Å². The van der Waals surface area contributed by atoms with Crippen LogP contribution in [0.5, 0.6) is 0 Å². The van der Waals surface area contributed by atoms with Crippen LogP contribution in [0.1, 0.15) is 15.9 Å². The van der Waals surface area contributed by atoms with E-state index in [1.807, 2.05) is 0 Å². The lowest BCUT2D eigenvalue weighted by Gasteiger charge is -2.27. The Morgan fingerprint density at radius 3 is 2.22 bits per heavy atom. The van der Waals surface area contributed by atoms with Crippen molar-refractivity contribution in [2.45, 2.75) is 6.18 Å². The van der Waals surface area contributed by atoms with Gasteiger partial charge in [-0.3, -0.25) is 4.79 Å². The van der Waals surface area contributed by atoms with Crippen LogP contribution in [0.2, 0.25) is 10.0 Å². The summed E-state index contributed by atoms with van der Waals surface area (Å²) in [6.07, 6.45) is -4.72. The molecular weight excluding hydrogens is 494 g/mol. The van der Waals surface area contributed by atoms with Crippen LogP contribution in [0.25, 0.3) is 0 Å². The largest absolute Gasteiger partial charge is 0.416 e. The molecule has 1 aliphatic heterocycles. The van der Waals surface area contributed by atoms with Gasteiger partial charge in [-0.05, 0) is 30.3 Å². The Bertz CT molecular complexity index is 1160. The number of halogens is 5. The number of benzene rings is 2. The standard InChI is InChI=1S/C19H16Cl2F3N3O4S/c20-13-2-1-3-14(16(13)21)25-18(29)26-15-10-11(19(22,23)24)4-5-12(15)17(28)27-6-8-32(30,31)9-7-27/h1-5,10H,6-9H2,(H2,25,26,29). The average Bonchev–Trinajstić information content (AvgIpc) is 2.70. The van der Waals surface area contributed by atoms with Crippen molar-refractivity contribution in [2.24, 2.45) is 0 Å². The number of nitrogens with zero attached hydrogens (tertiary/aromatic N) is 1. The van der Waals surface area contributed by atoms with Crippen LogP contribution in [-0.4, -0.2) is 49.9 Å². The third-order valence-corrected chi connectivity index (χ3v) is 7.08. The zero-order valence-electron chi connectivity index (χ0n) is 16.2. The highest BCUT2D eigenvalue weighted by molar-refractivity contribution is 7.91. The first-order valence-corrected chi connectivity index (χ1v) is 11.7. The maximum absolute atomic E-state index is 13.2. The number of carbonyl (C=O) groups excluding carboxylic acids is 2. The molecule has 1 fully saturated rings. The summed E-state index contributed by atoms with van der Waals surface area (Å²) < 4.78 is 62.8. The van der Waals surface area contributed by atoms with Crippen LogP contribution in [0.15, 0.2) is 36.4 Å². The van der Waals surface area contributed by atoms with Crippen molar-refractivity contribution in [3.63, 3.8) is 0 Å². The van der Waals surface area contributed by atoms with E-state index in [1.54, 1.807) is 0 Å². The summed E-state index contributed by atoms with van der Waals surface area (Å²) in [4.78, 5) is 26.5. The molecule has 13 heteroatoms. The Hall–Kier alpha value is -2.50. The van der Waals surface area contributed by atoms with E-state index in [0.717, 1.165) is 6.07 Å². The number of hydrogen-bond donors (Lipinski definition) is 2. The van der Waals surface area contributed by atoms with Crippen LogP contribution in [0.4, 0.5) is 29.3 Å². The lowest BCUT2D eigenvalue weighted by atomic mass is 10.1. The topological polar surface area (TPSA) is 95.6 Å². The van der Waals surface area contributed by atoms with E-state index in [9.17, 15) is 31.2 Å². The second kappa shape index (κ2) is 9.16. The van der Waals surface area contributed by atoms with Crippen LogP contribution in [0, 0.1) is 0 Å². The van der Waals surface area contributed by atoms with Gasteiger partial charge in [-0.25, -0.2) is 13.2 Å². The van der Waals surface area contributed by atoms with Gasteiger partial charge in [0.05, 0.1) is 44.1 Å². The Kier molecular flexibility index (Phi) is 6.91. The molecule has 2 aromatic carbocycles. The molecule has 1 heterocycles. The first-order valence-electron chi connectivity index (χ1n) is 9.10. The summed E-state index contributed by atoms with van der Waals surface area (Å²) in [6.45, 7) is -0.210. The Labute approximate surface area is 191 Å². The van der Waals surface area contributed by atoms with Gasteiger partial charge in [0.15, 0.2) is 9.84 Å². The van der Waals surface area contributed by atoms with Gasteiger partial charge in [0, 0.05) is 13.1 Å². The molecule has 172 valence electrons. The molecular formula is C19H16Cl2F3N3O4S. The predicted octanol–water partition coefficient (Wildman–Crippen LogP) is 4.53. The third kappa shape index (κ3) is 5.64. The third-order valence-electron chi connectivity index (χ3n) is 4.66. The fraction of sp³-hybridized carbons (Fsp3) is 0.263. The van der Waals surface area contributed by atoms with Gasteiger partial charge >= 0.3 is 12.2 Å². The number of amides is 3. The number of sulfone groups is 1. The van der Waals surface area contributed by atoms with Crippen molar-refractivity contribution in [1.82, 2.24) is 4.90 Å². The van der Waals surface area contributed by atoms with Gasteiger partial charge in [0.25, 0.3) is 5.91 Å². The second-order valence-corrected chi connectivity index (χ2v) is 9.97. The van der Waals surface area contributed by atoms with Crippen molar-refractivity contribution >= 4 is 56.4 Å². The van der Waals surface area contributed by atoms with Crippen molar-refractivity contribution in [3.05, 3.63) is 57.6 Å². The number of hydrogen-bond acceptors (Lipinski definition) is 4. The minimum Gasteiger partial charge on any atom is -0.337 e. The molecule has 2 N–H and O–H groups in total. The zero-order valence-corrected chi connectivity index (χ0v) is 18.5. The molecule has 3 amide bonds.